The first-order valence-corrected chi connectivity index (χ1v) is 8.50. The molecule has 1 heterocycles. The number of carbonyl (C=O) groups excluding carboxylic acids is 1. The third-order valence-electron chi connectivity index (χ3n) is 4.41. The maximum Gasteiger partial charge on any atom is 0.471 e. The Kier molecular flexibility index (Phi) is 4.91. The SMILES string of the molecule is CCCN(Cc1ccc(-c2noc(C(F)(F)F)n2)cc1)C(=O)C1(C#N)CC1. The third kappa shape index (κ3) is 3.94. The molecule has 1 amide bonds. The molecule has 0 aliphatic heterocycles. The minimum atomic E-state index is -4.69. The van der Waals surface area contributed by atoms with Crippen molar-refractivity contribution < 1.29 is 22.5 Å². The van der Waals surface area contributed by atoms with E-state index in [1.165, 1.54) is 0 Å². The first-order valence-electron chi connectivity index (χ1n) is 8.50. The number of alkyl halides is 3. The number of amides is 1. The highest BCUT2D eigenvalue weighted by Crippen LogP contribution is 2.46. The van der Waals surface area contributed by atoms with Crippen LogP contribution < -0.4 is 0 Å². The van der Waals surface area contributed by atoms with E-state index in [1.54, 1.807) is 29.2 Å². The number of hydrogen-bond acceptors (Lipinski definition) is 5. The van der Waals surface area contributed by atoms with Crippen LogP contribution in [-0.2, 0) is 17.5 Å². The van der Waals surface area contributed by atoms with Gasteiger partial charge in [-0.05, 0) is 24.8 Å². The van der Waals surface area contributed by atoms with Crippen molar-refractivity contribution in [3.8, 4) is 17.5 Å². The monoisotopic (exact) mass is 378 g/mol. The van der Waals surface area contributed by atoms with Gasteiger partial charge in [0.25, 0.3) is 0 Å². The van der Waals surface area contributed by atoms with Crippen molar-refractivity contribution in [3.63, 3.8) is 0 Å². The molecule has 0 bridgehead atoms. The molecule has 1 fully saturated rings. The number of carbonyl (C=O) groups is 1. The second-order valence-electron chi connectivity index (χ2n) is 6.54. The minimum absolute atomic E-state index is 0.156. The van der Waals surface area contributed by atoms with Crippen molar-refractivity contribution in [2.24, 2.45) is 5.41 Å². The van der Waals surface area contributed by atoms with E-state index in [1.807, 2.05) is 6.92 Å². The van der Waals surface area contributed by atoms with Gasteiger partial charge in [-0.3, -0.25) is 4.79 Å². The molecule has 142 valence electrons. The molecule has 0 spiro atoms. The van der Waals surface area contributed by atoms with E-state index in [9.17, 15) is 23.2 Å². The second kappa shape index (κ2) is 7.02. The molecule has 1 aliphatic carbocycles. The predicted octanol–water partition coefficient (Wildman–Crippen LogP) is 3.80. The number of halogens is 3. The largest absolute Gasteiger partial charge is 0.471 e. The second-order valence-corrected chi connectivity index (χ2v) is 6.54. The van der Waals surface area contributed by atoms with Gasteiger partial charge in [0.2, 0.25) is 11.7 Å². The Morgan fingerprint density at radius 2 is 2.00 bits per heavy atom. The first kappa shape index (κ1) is 18.9. The maximum atomic E-state index is 12.6. The summed E-state index contributed by atoms with van der Waals surface area (Å²) in [7, 11) is 0. The fraction of sp³-hybridized carbons (Fsp3) is 0.444. The van der Waals surface area contributed by atoms with Gasteiger partial charge >= 0.3 is 12.1 Å². The lowest BCUT2D eigenvalue weighted by Crippen LogP contribution is -2.36. The number of nitriles is 1. The van der Waals surface area contributed by atoms with Crippen molar-refractivity contribution in [1.29, 1.82) is 5.26 Å². The molecule has 1 aromatic carbocycles. The molecule has 0 atom stereocenters. The average molecular weight is 378 g/mol. The Morgan fingerprint density at radius 3 is 2.48 bits per heavy atom. The fourth-order valence-corrected chi connectivity index (χ4v) is 2.76. The van der Waals surface area contributed by atoms with Crippen LogP contribution in [0.3, 0.4) is 0 Å². The van der Waals surface area contributed by atoms with Gasteiger partial charge in [-0.1, -0.05) is 36.3 Å². The van der Waals surface area contributed by atoms with Crippen LogP contribution in [0, 0.1) is 16.7 Å². The molecule has 1 aromatic heterocycles. The van der Waals surface area contributed by atoms with Gasteiger partial charge in [0.05, 0.1) is 6.07 Å². The molecule has 1 aliphatic rings. The number of nitrogens with zero attached hydrogens (tertiary/aromatic N) is 4. The van der Waals surface area contributed by atoms with Crippen LogP contribution in [0.15, 0.2) is 28.8 Å². The van der Waals surface area contributed by atoms with Crippen LogP contribution in [0.4, 0.5) is 13.2 Å². The Bertz CT molecular complexity index is 864. The molecule has 3 rings (SSSR count). The Labute approximate surface area is 153 Å². The summed E-state index contributed by atoms with van der Waals surface area (Å²) in [5, 5.41) is 12.6. The van der Waals surface area contributed by atoms with E-state index in [4.69, 9.17) is 0 Å². The zero-order valence-corrected chi connectivity index (χ0v) is 14.6. The zero-order chi connectivity index (χ0) is 19.7. The quantitative estimate of drug-likeness (QED) is 0.764. The average Bonchev–Trinajstić information content (AvgIpc) is 3.27. The normalized spacial score (nSPS) is 15.2. The van der Waals surface area contributed by atoms with Gasteiger partial charge < -0.3 is 9.42 Å². The molecule has 0 saturated heterocycles. The highest BCUT2D eigenvalue weighted by molar-refractivity contribution is 5.88. The molecule has 0 N–H and O–H groups in total. The Hall–Kier alpha value is -2.89. The van der Waals surface area contributed by atoms with E-state index in [0.29, 0.717) is 31.5 Å². The summed E-state index contributed by atoms with van der Waals surface area (Å²) in [4.78, 5) is 17.6. The van der Waals surface area contributed by atoms with Gasteiger partial charge in [-0.15, -0.1) is 0 Å². The smallest absolute Gasteiger partial charge is 0.337 e. The van der Waals surface area contributed by atoms with Crippen LogP contribution in [0.1, 0.15) is 37.6 Å². The molecule has 1 saturated carbocycles. The van der Waals surface area contributed by atoms with E-state index < -0.39 is 17.5 Å². The predicted molar refractivity (Wildman–Crippen MR) is 87.7 cm³/mol. The van der Waals surface area contributed by atoms with Crippen LogP contribution >= 0.6 is 0 Å². The number of rotatable bonds is 6. The highest BCUT2D eigenvalue weighted by Gasteiger charge is 2.52. The van der Waals surface area contributed by atoms with Gasteiger partial charge in [0.1, 0.15) is 5.41 Å². The highest BCUT2D eigenvalue weighted by atomic mass is 19.4. The van der Waals surface area contributed by atoms with Gasteiger partial charge in [0, 0.05) is 18.7 Å². The fourth-order valence-electron chi connectivity index (χ4n) is 2.76. The van der Waals surface area contributed by atoms with Gasteiger partial charge in [0.15, 0.2) is 0 Å². The van der Waals surface area contributed by atoms with Gasteiger partial charge in [-0.2, -0.15) is 23.4 Å². The van der Waals surface area contributed by atoms with E-state index in [-0.39, 0.29) is 11.7 Å². The Balaban J connectivity index is 1.73. The molecular formula is C18H17F3N4O2. The zero-order valence-electron chi connectivity index (χ0n) is 14.6. The van der Waals surface area contributed by atoms with Crippen LogP contribution in [0.2, 0.25) is 0 Å². The van der Waals surface area contributed by atoms with Gasteiger partial charge in [-0.25, -0.2) is 0 Å². The van der Waals surface area contributed by atoms with Crippen LogP contribution in [0.5, 0.6) is 0 Å². The number of benzene rings is 1. The summed E-state index contributed by atoms with van der Waals surface area (Å²) < 4.78 is 41.9. The van der Waals surface area contributed by atoms with Crippen molar-refractivity contribution in [2.45, 2.75) is 38.9 Å². The maximum absolute atomic E-state index is 12.6. The summed E-state index contributed by atoms with van der Waals surface area (Å²) in [6.07, 6.45) is -2.76. The van der Waals surface area contributed by atoms with E-state index in [0.717, 1.165) is 12.0 Å². The molecule has 27 heavy (non-hydrogen) atoms. The van der Waals surface area contributed by atoms with Crippen LogP contribution in [0.25, 0.3) is 11.4 Å². The summed E-state index contributed by atoms with van der Waals surface area (Å²) in [5.74, 6) is -1.71. The lowest BCUT2D eigenvalue weighted by atomic mass is 10.1. The summed E-state index contributed by atoms with van der Waals surface area (Å²) in [6, 6.07) is 8.65. The molecule has 9 heteroatoms. The summed E-state index contributed by atoms with van der Waals surface area (Å²) in [6.45, 7) is 2.81. The number of hydrogen-bond donors (Lipinski definition) is 0. The topological polar surface area (TPSA) is 83.0 Å². The summed E-state index contributed by atoms with van der Waals surface area (Å²) >= 11 is 0. The molecule has 0 radical (unpaired) electrons. The molecular weight excluding hydrogens is 361 g/mol. The van der Waals surface area contributed by atoms with Crippen molar-refractivity contribution in [3.05, 3.63) is 35.7 Å². The molecule has 2 aromatic rings. The lowest BCUT2D eigenvalue weighted by Gasteiger charge is -2.24. The molecule has 6 nitrogen and oxygen atoms in total. The first-order chi connectivity index (χ1) is 12.8. The van der Waals surface area contributed by atoms with Crippen molar-refractivity contribution in [2.75, 3.05) is 6.54 Å². The third-order valence-corrected chi connectivity index (χ3v) is 4.41. The minimum Gasteiger partial charge on any atom is -0.337 e. The van der Waals surface area contributed by atoms with Crippen molar-refractivity contribution >= 4 is 5.91 Å². The lowest BCUT2D eigenvalue weighted by molar-refractivity contribution is -0.159. The number of aromatic nitrogens is 2. The van der Waals surface area contributed by atoms with Crippen LogP contribution in [-0.4, -0.2) is 27.5 Å². The van der Waals surface area contributed by atoms with Crippen molar-refractivity contribution in [1.82, 2.24) is 15.0 Å². The molecule has 0 unspecified atom stereocenters. The Morgan fingerprint density at radius 1 is 1.33 bits per heavy atom. The standard InChI is InChI=1S/C18H17F3N4O2/c1-2-9-25(16(26)17(11-22)7-8-17)10-12-3-5-13(6-4-12)14-23-15(27-24-14)18(19,20)21/h3-6H,2,7-10H2,1H3. The van der Waals surface area contributed by atoms with E-state index in [2.05, 4.69) is 20.7 Å². The summed E-state index contributed by atoms with van der Waals surface area (Å²) in [5.41, 5.74) is 0.296. The van der Waals surface area contributed by atoms with E-state index >= 15 is 0 Å².